The van der Waals surface area contributed by atoms with E-state index in [4.69, 9.17) is 4.74 Å². The molecule has 0 bridgehead atoms. The lowest BCUT2D eigenvalue weighted by atomic mass is 10.2. The molecule has 1 N–H and O–H groups in total. The number of benzene rings is 2. The Morgan fingerprint density at radius 2 is 1.95 bits per heavy atom. The van der Waals surface area contributed by atoms with Crippen molar-refractivity contribution in [1.29, 1.82) is 0 Å². The van der Waals surface area contributed by atoms with E-state index in [9.17, 15) is 8.78 Å². The van der Waals surface area contributed by atoms with Gasteiger partial charge in [0, 0.05) is 17.1 Å². The normalized spacial score (nSPS) is 10.3. The van der Waals surface area contributed by atoms with E-state index in [2.05, 4.69) is 21.2 Å². The molecule has 0 atom stereocenters. The van der Waals surface area contributed by atoms with E-state index in [-0.39, 0.29) is 11.6 Å². The van der Waals surface area contributed by atoms with Gasteiger partial charge in [-0.15, -0.1) is 0 Å². The van der Waals surface area contributed by atoms with Crippen molar-refractivity contribution in [3.8, 4) is 5.75 Å². The topological polar surface area (TPSA) is 21.3 Å². The first-order valence-electron chi connectivity index (χ1n) is 5.61. The second kappa shape index (κ2) is 6.02. The van der Waals surface area contributed by atoms with Crippen molar-refractivity contribution in [3.05, 3.63) is 58.1 Å². The van der Waals surface area contributed by atoms with Crippen LogP contribution in [0.15, 0.2) is 40.9 Å². The van der Waals surface area contributed by atoms with E-state index in [1.54, 1.807) is 18.2 Å². The van der Waals surface area contributed by atoms with Gasteiger partial charge in [0.1, 0.15) is 17.4 Å². The molecule has 2 aromatic carbocycles. The van der Waals surface area contributed by atoms with Crippen molar-refractivity contribution in [2.75, 3.05) is 12.4 Å². The lowest BCUT2D eigenvalue weighted by Gasteiger charge is -2.10. The van der Waals surface area contributed by atoms with Gasteiger partial charge in [0.25, 0.3) is 0 Å². The van der Waals surface area contributed by atoms with Crippen LogP contribution in [-0.4, -0.2) is 7.11 Å². The van der Waals surface area contributed by atoms with Crippen LogP contribution >= 0.6 is 15.9 Å². The van der Waals surface area contributed by atoms with E-state index >= 15 is 0 Å². The number of hydrogen-bond acceptors (Lipinski definition) is 2. The quantitative estimate of drug-likeness (QED) is 0.901. The van der Waals surface area contributed by atoms with E-state index in [1.807, 2.05) is 0 Å². The third-order valence-electron chi connectivity index (χ3n) is 2.58. The maximum absolute atomic E-state index is 13.6. The molecule has 0 unspecified atom stereocenters. The molecule has 0 aliphatic rings. The Balaban J connectivity index is 2.13. The average Bonchev–Trinajstić information content (AvgIpc) is 2.37. The summed E-state index contributed by atoms with van der Waals surface area (Å²) in [5.41, 5.74) is 1.04. The molecule has 2 aromatic rings. The SMILES string of the molecule is COc1ccc(F)c(NCc2cc(F)cc(Br)c2)c1. The zero-order valence-corrected chi connectivity index (χ0v) is 11.8. The molecule has 5 heteroatoms. The van der Waals surface area contributed by atoms with E-state index in [0.717, 1.165) is 0 Å². The van der Waals surface area contributed by atoms with Gasteiger partial charge in [0.15, 0.2) is 0 Å². The maximum atomic E-state index is 13.6. The van der Waals surface area contributed by atoms with Gasteiger partial charge in [-0.05, 0) is 35.9 Å². The lowest BCUT2D eigenvalue weighted by Crippen LogP contribution is -2.02. The van der Waals surface area contributed by atoms with Gasteiger partial charge in [-0.25, -0.2) is 8.78 Å². The van der Waals surface area contributed by atoms with Crippen molar-refractivity contribution in [1.82, 2.24) is 0 Å². The summed E-state index contributed by atoms with van der Waals surface area (Å²) in [6.07, 6.45) is 0. The Morgan fingerprint density at radius 3 is 2.63 bits per heavy atom. The fraction of sp³-hybridized carbons (Fsp3) is 0.143. The average molecular weight is 328 g/mol. The predicted molar refractivity (Wildman–Crippen MR) is 74.4 cm³/mol. The molecule has 19 heavy (non-hydrogen) atoms. The molecule has 0 heterocycles. The molecular weight excluding hydrogens is 316 g/mol. The van der Waals surface area contributed by atoms with Gasteiger partial charge in [-0.3, -0.25) is 0 Å². The van der Waals surface area contributed by atoms with Crippen molar-refractivity contribution in [2.24, 2.45) is 0 Å². The molecule has 0 amide bonds. The summed E-state index contributed by atoms with van der Waals surface area (Å²) >= 11 is 3.21. The second-order valence-corrected chi connectivity index (χ2v) is 4.89. The fourth-order valence-electron chi connectivity index (χ4n) is 1.68. The molecule has 0 spiro atoms. The van der Waals surface area contributed by atoms with E-state index in [0.29, 0.717) is 28.0 Å². The van der Waals surface area contributed by atoms with Crippen molar-refractivity contribution in [2.45, 2.75) is 6.54 Å². The van der Waals surface area contributed by atoms with Crippen LogP contribution < -0.4 is 10.1 Å². The van der Waals surface area contributed by atoms with Gasteiger partial charge in [-0.2, -0.15) is 0 Å². The second-order valence-electron chi connectivity index (χ2n) is 3.98. The number of anilines is 1. The Hall–Kier alpha value is -1.62. The van der Waals surface area contributed by atoms with Crippen molar-refractivity contribution in [3.63, 3.8) is 0 Å². The maximum Gasteiger partial charge on any atom is 0.146 e. The van der Waals surface area contributed by atoms with Crippen LogP contribution in [0.3, 0.4) is 0 Å². The standard InChI is InChI=1S/C14H12BrF2NO/c1-19-12-2-3-13(17)14(7-12)18-8-9-4-10(15)6-11(16)5-9/h2-7,18H,8H2,1H3. The summed E-state index contributed by atoms with van der Waals surface area (Å²) < 4.78 is 32.4. The highest BCUT2D eigenvalue weighted by Gasteiger charge is 2.05. The Kier molecular flexibility index (Phi) is 4.37. The molecule has 0 fully saturated rings. The highest BCUT2D eigenvalue weighted by Crippen LogP contribution is 2.22. The first kappa shape index (κ1) is 13.8. The van der Waals surface area contributed by atoms with Gasteiger partial charge in [0.05, 0.1) is 12.8 Å². The minimum absolute atomic E-state index is 0.319. The molecule has 0 saturated carbocycles. The number of rotatable bonds is 4. The summed E-state index contributed by atoms with van der Waals surface area (Å²) in [6.45, 7) is 0.320. The summed E-state index contributed by atoms with van der Waals surface area (Å²) in [5, 5.41) is 2.92. The highest BCUT2D eigenvalue weighted by atomic mass is 79.9. The number of halogens is 3. The van der Waals surface area contributed by atoms with Crippen LogP contribution in [0.4, 0.5) is 14.5 Å². The largest absolute Gasteiger partial charge is 0.497 e. The summed E-state index contributed by atoms with van der Waals surface area (Å²) in [4.78, 5) is 0. The third kappa shape index (κ3) is 3.67. The summed E-state index contributed by atoms with van der Waals surface area (Å²) in [7, 11) is 1.51. The number of nitrogens with one attached hydrogen (secondary N) is 1. The van der Waals surface area contributed by atoms with Crippen LogP contribution in [0.5, 0.6) is 5.75 Å². The van der Waals surface area contributed by atoms with Crippen LogP contribution in [-0.2, 0) is 6.54 Å². The minimum atomic E-state index is -0.378. The van der Waals surface area contributed by atoms with Gasteiger partial charge >= 0.3 is 0 Å². The molecule has 0 aliphatic heterocycles. The van der Waals surface area contributed by atoms with Crippen LogP contribution in [0, 0.1) is 11.6 Å². The Bertz CT molecular complexity index is 569. The molecule has 0 aromatic heterocycles. The van der Waals surface area contributed by atoms with E-state index < -0.39 is 0 Å². The van der Waals surface area contributed by atoms with Gasteiger partial charge in [0.2, 0.25) is 0 Å². The summed E-state index contributed by atoms with van der Waals surface area (Å²) in [5.74, 6) is -0.155. The van der Waals surface area contributed by atoms with Crippen LogP contribution in [0.1, 0.15) is 5.56 Å². The molecule has 100 valence electrons. The number of methoxy groups -OCH3 is 1. The molecule has 0 aliphatic carbocycles. The molecule has 0 radical (unpaired) electrons. The molecule has 0 saturated heterocycles. The first-order chi connectivity index (χ1) is 9.08. The molecular formula is C14H12BrF2NO. The number of hydrogen-bond donors (Lipinski definition) is 1. The zero-order chi connectivity index (χ0) is 13.8. The van der Waals surface area contributed by atoms with Gasteiger partial charge < -0.3 is 10.1 Å². The minimum Gasteiger partial charge on any atom is -0.497 e. The summed E-state index contributed by atoms with van der Waals surface area (Å²) in [6, 6.07) is 8.96. The highest BCUT2D eigenvalue weighted by molar-refractivity contribution is 9.10. The third-order valence-corrected chi connectivity index (χ3v) is 3.04. The first-order valence-corrected chi connectivity index (χ1v) is 6.40. The van der Waals surface area contributed by atoms with Crippen molar-refractivity contribution < 1.29 is 13.5 Å². The van der Waals surface area contributed by atoms with Crippen LogP contribution in [0.2, 0.25) is 0 Å². The predicted octanol–water partition coefficient (Wildman–Crippen LogP) is 4.35. The van der Waals surface area contributed by atoms with E-state index in [1.165, 1.54) is 25.3 Å². The number of ether oxygens (including phenoxy) is 1. The van der Waals surface area contributed by atoms with Gasteiger partial charge in [-0.1, -0.05) is 15.9 Å². The Morgan fingerprint density at radius 1 is 1.16 bits per heavy atom. The molecule has 2 nitrogen and oxygen atoms in total. The molecule has 2 rings (SSSR count). The lowest BCUT2D eigenvalue weighted by molar-refractivity contribution is 0.414. The zero-order valence-electron chi connectivity index (χ0n) is 10.2. The van der Waals surface area contributed by atoms with Crippen LogP contribution in [0.25, 0.3) is 0 Å². The Labute approximate surface area is 118 Å². The fourth-order valence-corrected chi connectivity index (χ4v) is 2.19. The van der Waals surface area contributed by atoms with Crippen molar-refractivity contribution >= 4 is 21.6 Å². The smallest absolute Gasteiger partial charge is 0.146 e. The monoisotopic (exact) mass is 327 g/mol.